The van der Waals surface area contributed by atoms with Gasteiger partial charge in [-0.25, -0.2) is 9.59 Å². The standard InChI is InChI=1S/C24H37ClN4O4.C4H4O4/c1-15(2)24(31)29-9-5-16(6-10-29)13-28-8-7-20(22(14-28)33-4)27-23(30)17-11-18(25)19(26)12-21(17)32-3;5-3(6)1-2-4(7)8/h11-12,15-16,20,22H,5-10,13-14,26H2,1-4H3,(H,27,30);1-2H,(H,5,6)(H,7,8)/b;2-1-/t20-,22+;/m0./s1. The zero-order valence-electron chi connectivity index (χ0n) is 24.0. The molecule has 2 aliphatic rings. The summed E-state index contributed by atoms with van der Waals surface area (Å²) in [5.41, 5.74) is 6.56. The van der Waals surface area contributed by atoms with Gasteiger partial charge in [-0.05, 0) is 31.2 Å². The third kappa shape index (κ3) is 10.5. The van der Waals surface area contributed by atoms with Gasteiger partial charge in [0.1, 0.15) is 5.75 Å². The smallest absolute Gasteiger partial charge is 0.328 e. The number of ether oxygens (including phenoxy) is 2. The normalized spacial score (nSPS) is 19.9. The van der Waals surface area contributed by atoms with E-state index in [1.165, 1.54) is 7.11 Å². The number of anilines is 1. The molecule has 3 rings (SSSR count). The molecule has 5 N–H and O–H groups in total. The van der Waals surface area contributed by atoms with Crippen LogP contribution < -0.4 is 15.8 Å². The Bertz CT molecular complexity index is 1090. The summed E-state index contributed by atoms with van der Waals surface area (Å²) >= 11 is 6.13. The molecule has 2 aliphatic heterocycles. The quantitative estimate of drug-likeness (QED) is 0.245. The summed E-state index contributed by atoms with van der Waals surface area (Å²) in [5.74, 6) is -1.49. The SMILES string of the molecule is COc1cc(N)c(Cl)cc1C(=O)N[C@H]1CCN(CC2CCN(C(=O)C(C)C)CC2)C[C@H]1OC.O=C(O)/C=C\C(=O)O. The second-order valence-corrected chi connectivity index (χ2v) is 10.8. The Labute approximate surface area is 245 Å². The number of hydrogen-bond donors (Lipinski definition) is 4. The Morgan fingerprint density at radius 3 is 2.20 bits per heavy atom. The number of piperidine rings is 2. The number of likely N-dealkylation sites (tertiary alicyclic amines) is 2. The molecule has 2 saturated heterocycles. The molecule has 1 aromatic rings. The van der Waals surface area contributed by atoms with E-state index in [2.05, 4.69) is 10.2 Å². The van der Waals surface area contributed by atoms with Gasteiger partial charge in [0.2, 0.25) is 5.91 Å². The third-order valence-electron chi connectivity index (χ3n) is 7.13. The van der Waals surface area contributed by atoms with E-state index in [0.29, 0.717) is 40.1 Å². The molecule has 0 aromatic heterocycles. The summed E-state index contributed by atoms with van der Waals surface area (Å²) < 4.78 is 11.1. The lowest BCUT2D eigenvalue weighted by Crippen LogP contribution is -2.55. The Balaban J connectivity index is 0.000000642. The van der Waals surface area contributed by atoms with E-state index in [0.717, 1.165) is 52.0 Å². The van der Waals surface area contributed by atoms with Crippen molar-refractivity contribution in [2.45, 2.75) is 45.3 Å². The molecule has 0 radical (unpaired) electrons. The first-order valence-corrected chi connectivity index (χ1v) is 13.9. The van der Waals surface area contributed by atoms with Crippen molar-refractivity contribution >= 4 is 41.0 Å². The topological polar surface area (TPSA) is 172 Å². The maximum absolute atomic E-state index is 13.0. The van der Waals surface area contributed by atoms with Crippen molar-refractivity contribution in [1.29, 1.82) is 0 Å². The number of carboxylic acid groups (broad SMARTS) is 2. The van der Waals surface area contributed by atoms with Crippen LogP contribution in [0.1, 0.15) is 43.5 Å². The lowest BCUT2D eigenvalue weighted by molar-refractivity contribution is -0.136. The van der Waals surface area contributed by atoms with Crippen LogP contribution in [-0.4, -0.2) is 103 Å². The second kappa shape index (κ2) is 16.2. The number of nitrogens with zero attached hydrogens (tertiary/aromatic N) is 2. The molecule has 228 valence electrons. The summed E-state index contributed by atoms with van der Waals surface area (Å²) in [6.07, 6.45) is 3.86. The van der Waals surface area contributed by atoms with Crippen LogP contribution in [0.15, 0.2) is 24.3 Å². The number of nitrogens with two attached hydrogens (primary N) is 1. The summed E-state index contributed by atoms with van der Waals surface area (Å²) in [6, 6.07) is 3.00. The predicted octanol–water partition coefficient (Wildman–Crippen LogP) is 2.36. The van der Waals surface area contributed by atoms with Crippen molar-refractivity contribution in [3.05, 3.63) is 34.9 Å². The van der Waals surface area contributed by atoms with E-state index in [9.17, 15) is 19.2 Å². The van der Waals surface area contributed by atoms with Crippen LogP contribution in [0.2, 0.25) is 5.02 Å². The fourth-order valence-corrected chi connectivity index (χ4v) is 5.08. The van der Waals surface area contributed by atoms with Gasteiger partial charge in [-0.1, -0.05) is 25.4 Å². The molecule has 0 aliphatic carbocycles. The van der Waals surface area contributed by atoms with Crippen molar-refractivity contribution in [2.24, 2.45) is 11.8 Å². The zero-order valence-corrected chi connectivity index (χ0v) is 24.7. The minimum absolute atomic E-state index is 0.0579. The first-order valence-electron chi connectivity index (χ1n) is 13.5. The van der Waals surface area contributed by atoms with Gasteiger partial charge in [0.05, 0.1) is 35.5 Å². The fraction of sp³-hybridized carbons (Fsp3) is 0.571. The van der Waals surface area contributed by atoms with Crippen molar-refractivity contribution < 1.29 is 38.9 Å². The first kappa shape index (κ1) is 33.9. The number of carboxylic acids is 2. The van der Waals surface area contributed by atoms with Gasteiger partial charge < -0.3 is 40.5 Å². The van der Waals surface area contributed by atoms with Crippen molar-refractivity contribution in [3.8, 4) is 5.75 Å². The molecule has 2 heterocycles. The van der Waals surface area contributed by atoms with Crippen molar-refractivity contribution in [1.82, 2.24) is 15.1 Å². The average molecular weight is 597 g/mol. The van der Waals surface area contributed by atoms with Crippen molar-refractivity contribution in [3.63, 3.8) is 0 Å². The Hall–Kier alpha value is -3.35. The highest BCUT2D eigenvalue weighted by molar-refractivity contribution is 6.33. The Kier molecular flexibility index (Phi) is 13.4. The van der Waals surface area contributed by atoms with Gasteiger partial charge in [0.25, 0.3) is 5.91 Å². The van der Waals surface area contributed by atoms with Gasteiger partial charge in [-0.2, -0.15) is 0 Å². The molecule has 0 saturated carbocycles. The number of amides is 2. The van der Waals surface area contributed by atoms with Gasteiger partial charge in [-0.15, -0.1) is 0 Å². The van der Waals surface area contributed by atoms with Crippen LogP contribution in [-0.2, 0) is 19.1 Å². The minimum atomic E-state index is -1.26. The van der Waals surface area contributed by atoms with Crippen LogP contribution in [0.3, 0.4) is 0 Å². The fourth-order valence-electron chi connectivity index (χ4n) is 4.92. The summed E-state index contributed by atoms with van der Waals surface area (Å²) in [7, 11) is 3.18. The maximum atomic E-state index is 13.0. The minimum Gasteiger partial charge on any atom is -0.496 e. The Morgan fingerprint density at radius 1 is 1.07 bits per heavy atom. The molecule has 12 nitrogen and oxygen atoms in total. The Morgan fingerprint density at radius 2 is 1.68 bits per heavy atom. The number of aliphatic carboxylic acids is 2. The molecule has 2 amide bonds. The van der Waals surface area contributed by atoms with Crippen LogP contribution >= 0.6 is 11.6 Å². The molecule has 1 aromatic carbocycles. The molecular weight excluding hydrogens is 556 g/mol. The number of carbonyl (C=O) groups excluding carboxylic acids is 2. The second-order valence-electron chi connectivity index (χ2n) is 10.4. The first-order chi connectivity index (χ1) is 19.4. The van der Waals surface area contributed by atoms with E-state index in [-0.39, 0.29) is 29.9 Å². The number of nitrogen functional groups attached to an aromatic ring is 1. The molecule has 0 spiro atoms. The molecule has 13 heteroatoms. The van der Waals surface area contributed by atoms with E-state index >= 15 is 0 Å². The molecule has 0 unspecified atom stereocenters. The molecule has 2 fully saturated rings. The number of hydrogen-bond acceptors (Lipinski definition) is 8. The lowest BCUT2D eigenvalue weighted by Gasteiger charge is -2.41. The number of carbonyl (C=O) groups is 4. The number of nitrogens with one attached hydrogen (secondary N) is 1. The highest BCUT2D eigenvalue weighted by Crippen LogP contribution is 2.29. The van der Waals surface area contributed by atoms with E-state index in [4.69, 9.17) is 37.0 Å². The number of halogens is 1. The van der Waals surface area contributed by atoms with Crippen LogP contribution in [0, 0.1) is 11.8 Å². The lowest BCUT2D eigenvalue weighted by atomic mass is 9.93. The van der Waals surface area contributed by atoms with Crippen LogP contribution in [0.5, 0.6) is 5.75 Å². The zero-order chi connectivity index (χ0) is 30.7. The average Bonchev–Trinajstić information content (AvgIpc) is 2.94. The highest BCUT2D eigenvalue weighted by Gasteiger charge is 2.33. The third-order valence-corrected chi connectivity index (χ3v) is 7.46. The summed E-state index contributed by atoms with van der Waals surface area (Å²) in [6.45, 7) is 8.23. The maximum Gasteiger partial charge on any atom is 0.328 e. The van der Waals surface area contributed by atoms with E-state index < -0.39 is 11.9 Å². The van der Waals surface area contributed by atoms with Gasteiger partial charge >= 0.3 is 11.9 Å². The van der Waals surface area contributed by atoms with Crippen LogP contribution in [0.25, 0.3) is 0 Å². The van der Waals surface area contributed by atoms with Gasteiger partial charge in [-0.3, -0.25) is 9.59 Å². The largest absolute Gasteiger partial charge is 0.496 e. The van der Waals surface area contributed by atoms with Crippen molar-refractivity contribution in [2.75, 3.05) is 52.7 Å². The summed E-state index contributed by atoms with van der Waals surface area (Å²) in [4.78, 5) is 48.7. The van der Waals surface area contributed by atoms with Gasteiger partial charge in [0, 0.05) is 64.0 Å². The van der Waals surface area contributed by atoms with E-state index in [1.54, 1.807) is 19.2 Å². The summed E-state index contributed by atoms with van der Waals surface area (Å²) in [5, 5.41) is 19.0. The molecule has 41 heavy (non-hydrogen) atoms. The van der Waals surface area contributed by atoms with Gasteiger partial charge in [0.15, 0.2) is 0 Å². The number of benzene rings is 1. The molecule has 0 bridgehead atoms. The predicted molar refractivity (Wildman–Crippen MR) is 154 cm³/mol. The highest BCUT2D eigenvalue weighted by atomic mass is 35.5. The number of rotatable bonds is 9. The van der Waals surface area contributed by atoms with Crippen LogP contribution in [0.4, 0.5) is 5.69 Å². The molecule has 2 atom stereocenters. The van der Waals surface area contributed by atoms with E-state index in [1.807, 2.05) is 18.7 Å². The number of methoxy groups -OCH3 is 2. The monoisotopic (exact) mass is 596 g/mol. The molecular formula is C28H41ClN4O8.